The van der Waals surface area contributed by atoms with Gasteiger partial charge in [0, 0.05) is 35.4 Å². The van der Waals surface area contributed by atoms with Gasteiger partial charge in [0.1, 0.15) is 34.5 Å². The quantitative estimate of drug-likeness (QED) is 0.681. The van der Waals surface area contributed by atoms with Gasteiger partial charge in [0.25, 0.3) is 0 Å². The van der Waals surface area contributed by atoms with Crippen molar-refractivity contribution in [3.63, 3.8) is 0 Å². The summed E-state index contributed by atoms with van der Waals surface area (Å²) in [5, 5.41) is 36.4. The summed E-state index contributed by atoms with van der Waals surface area (Å²) in [6.45, 7) is 3.43. The van der Waals surface area contributed by atoms with Gasteiger partial charge in [-0.05, 0) is 13.8 Å². The van der Waals surface area contributed by atoms with Crippen LogP contribution in [0.1, 0.15) is 11.1 Å². The van der Waals surface area contributed by atoms with Crippen molar-refractivity contribution in [3.8, 4) is 34.5 Å². The first-order valence-electron chi connectivity index (χ1n) is 6.43. The lowest BCUT2D eigenvalue weighted by atomic mass is 10.2. The van der Waals surface area contributed by atoms with Crippen LogP contribution in [0.5, 0.6) is 34.5 Å². The summed E-state index contributed by atoms with van der Waals surface area (Å²) in [7, 11) is 2.97. The van der Waals surface area contributed by atoms with Gasteiger partial charge >= 0.3 is 0 Å². The average molecular weight is 308 g/mol. The summed E-state index contributed by atoms with van der Waals surface area (Å²) in [5.74, 6) is 1.07. The zero-order valence-corrected chi connectivity index (χ0v) is 12.9. The highest BCUT2D eigenvalue weighted by molar-refractivity contribution is 5.49. The van der Waals surface area contributed by atoms with Crippen LogP contribution in [0.3, 0.4) is 0 Å². The summed E-state index contributed by atoms with van der Waals surface area (Å²) in [4.78, 5) is 0. The Balaban J connectivity index is 0.000000220. The predicted octanol–water partition coefficient (Wildman–Crippen LogP) is 2.83. The summed E-state index contributed by atoms with van der Waals surface area (Å²) in [6.07, 6.45) is 0. The zero-order chi connectivity index (χ0) is 16.9. The molecule has 2 aromatic carbocycles. The largest absolute Gasteiger partial charge is 0.508 e. The van der Waals surface area contributed by atoms with E-state index >= 15 is 0 Å². The lowest BCUT2D eigenvalue weighted by Gasteiger charge is -2.06. The highest BCUT2D eigenvalue weighted by Crippen LogP contribution is 2.32. The Hall–Kier alpha value is -2.76. The van der Waals surface area contributed by atoms with E-state index in [0.717, 1.165) is 0 Å². The smallest absolute Gasteiger partial charge is 0.129 e. The molecule has 0 aliphatic heterocycles. The Bertz CT molecular complexity index is 594. The van der Waals surface area contributed by atoms with Crippen LogP contribution in [0, 0.1) is 13.8 Å². The van der Waals surface area contributed by atoms with Crippen LogP contribution in [-0.4, -0.2) is 34.6 Å². The summed E-state index contributed by atoms with van der Waals surface area (Å²) in [6, 6.07) is 5.46. The predicted molar refractivity (Wildman–Crippen MR) is 82.1 cm³/mol. The van der Waals surface area contributed by atoms with E-state index in [2.05, 4.69) is 0 Å². The highest BCUT2D eigenvalue weighted by Gasteiger charge is 2.05. The number of phenolic OH excluding ortho intramolecular Hbond substituents is 4. The third-order valence-corrected chi connectivity index (χ3v) is 3.07. The maximum Gasteiger partial charge on any atom is 0.129 e. The van der Waals surface area contributed by atoms with Crippen molar-refractivity contribution in [2.24, 2.45) is 0 Å². The van der Waals surface area contributed by atoms with Crippen molar-refractivity contribution in [2.75, 3.05) is 14.2 Å². The molecule has 0 saturated heterocycles. The Labute approximate surface area is 128 Å². The zero-order valence-electron chi connectivity index (χ0n) is 12.9. The van der Waals surface area contributed by atoms with E-state index < -0.39 is 0 Å². The fraction of sp³-hybridized carbons (Fsp3) is 0.250. The van der Waals surface area contributed by atoms with E-state index in [4.69, 9.17) is 19.7 Å². The minimum absolute atomic E-state index is 0.00458. The summed E-state index contributed by atoms with van der Waals surface area (Å²) in [5.41, 5.74) is 1.26. The van der Waals surface area contributed by atoms with E-state index in [0.29, 0.717) is 22.6 Å². The molecule has 6 nitrogen and oxygen atoms in total. The molecule has 0 aromatic heterocycles. The van der Waals surface area contributed by atoms with Crippen molar-refractivity contribution in [2.45, 2.75) is 13.8 Å². The number of ether oxygens (including phenoxy) is 2. The molecule has 0 spiro atoms. The summed E-state index contributed by atoms with van der Waals surface area (Å²) >= 11 is 0. The molecule has 0 amide bonds. The van der Waals surface area contributed by atoms with E-state index in [1.165, 1.54) is 38.5 Å². The summed E-state index contributed by atoms with van der Waals surface area (Å²) < 4.78 is 9.77. The normalized spacial score (nSPS) is 9.64. The van der Waals surface area contributed by atoms with Crippen molar-refractivity contribution in [3.05, 3.63) is 35.4 Å². The van der Waals surface area contributed by atoms with Gasteiger partial charge in [-0.15, -0.1) is 0 Å². The topological polar surface area (TPSA) is 99.4 Å². The van der Waals surface area contributed by atoms with Crippen LogP contribution >= 0.6 is 0 Å². The lowest BCUT2D eigenvalue weighted by molar-refractivity contribution is 0.392. The first-order valence-corrected chi connectivity index (χ1v) is 6.43. The van der Waals surface area contributed by atoms with Crippen molar-refractivity contribution < 1.29 is 29.9 Å². The van der Waals surface area contributed by atoms with Crippen LogP contribution in [-0.2, 0) is 0 Å². The number of phenols is 4. The molecule has 2 rings (SSSR count). The monoisotopic (exact) mass is 308 g/mol. The maximum absolute atomic E-state index is 9.17. The van der Waals surface area contributed by atoms with Crippen LogP contribution in [0.4, 0.5) is 0 Å². The lowest BCUT2D eigenvalue weighted by Crippen LogP contribution is -1.86. The molecule has 0 aliphatic rings. The number of methoxy groups -OCH3 is 2. The van der Waals surface area contributed by atoms with Gasteiger partial charge in [-0.25, -0.2) is 0 Å². The Morgan fingerprint density at radius 1 is 0.636 bits per heavy atom. The molecule has 2 aromatic rings. The molecule has 0 saturated carbocycles. The number of rotatable bonds is 2. The van der Waals surface area contributed by atoms with Gasteiger partial charge in [-0.3, -0.25) is 0 Å². The second-order valence-electron chi connectivity index (χ2n) is 4.58. The van der Waals surface area contributed by atoms with Crippen molar-refractivity contribution >= 4 is 0 Å². The van der Waals surface area contributed by atoms with Crippen LogP contribution in [0.25, 0.3) is 0 Å². The molecule has 0 aliphatic carbocycles. The minimum Gasteiger partial charge on any atom is -0.508 e. The maximum atomic E-state index is 9.17. The Morgan fingerprint density at radius 3 is 1.23 bits per heavy atom. The van der Waals surface area contributed by atoms with Gasteiger partial charge in [0.2, 0.25) is 0 Å². The number of benzene rings is 2. The molecule has 0 atom stereocenters. The Morgan fingerprint density at radius 2 is 0.955 bits per heavy atom. The molecule has 4 N–H and O–H groups in total. The third-order valence-electron chi connectivity index (χ3n) is 3.07. The molecule has 0 radical (unpaired) electrons. The molecule has 22 heavy (non-hydrogen) atoms. The molecule has 0 fully saturated rings. The molecule has 6 heteroatoms. The molecule has 0 unspecified atom stereocenters. The second-order valence-corrected chi connectivity index (χ2v) is 4.58. The van der Waals surface area contributed by atoms with Crippen LogP contribution in [0.2, 0.25) is 0 Å². The van der Waals surface area contributed by atoms with Crippen molar-refractivity contribution in [1.82, 2.24) is 0 Å². The van der Waals surface area contributed by atoms with Crippen LogP contribution in [0.15, 0.2) is 24.3 Å². The fourth-order valence-corrected chi connectivity index (χ4v) is 1.74. The Kier molecular flexibility index (Phi) is 5.74. The van der Waals surface area contributed by atoms with Gasteiger partial charge in [0.05, 0.1) is 14.2 Å². The average Bonchev–Trinajstić information content (AvgIpc) is 2.47. The molecular formula is C16H20O6. The molecular weight excluding hydrogens is 288 g/mol. The molecule has 120 valence electrons. The minimum atomic E-state index is 0.00458. The highest BCUT2D eigenvalue weighted by atomic mass is 16.5. The van der Waals surface area contributed by atoms with E-state index in [1.54, 1.807) is 13.8 Å². The standard InChI is InChI=1S/2C8H10O3/c2*1-5-7(10)3-6(9)4-8(5)11-2/h2*3-4,9-10H,1-2H3. The van der Waals surface area contributed by atoms with E-state index in [1.807, 2.05) is 0 Å². The molecule has 0 bridgehead atoms. The number of hydrogen-bond donors (Lipinski definition) is 4. The van der Waals surface area contributed by atoms with E-state index in [9.17, 15) is 10.2 Å². The SMILES string of the molecule is COc1cc(O)cc(O)c1C.COc1cc(O)cc(O)c1C. The van der Waals surface area contributed by atoms with Gasteiger partial charge < -0.3 is 29.9 Å². The van der Waals surface area contributed by atoms with Crippen molar-refractivity contribution in [1.29, 1.82) is 0 Å². The van der Waals surface area contributed by atoms with Gasteiger partial charge in [-0.2, -0.15) is 0 Å². The second kappa shape index (κ2) is 7.31. The third kappa shape index (κ3) is 4.12. The molecule has 0 heterocycles. The fourth-order valence-electron chi connectivity index (χ4n) is 1.74. The first-order chi connectivity index (χ1) is 10.3. The first kappa shape index (κ1) is 17.3. The number of hydrogen-bond acceptors (Lipinski definition) is 6. The number of aromatic hydroxyl groups is 4. The van der Waals surface area contributed by atoms with Gasteiger partial charge in [-0.1, -0.05) is 0 Å². The van der Waals surface area contributed by atoms with Crippen LogP contribution < -0.4 is 9.47 Å². The van der Waals surface area contributed by atoms with E-state index in [-0.39, 0.29) is 23.0 Å². The van der Waals surface area contributed by atoms with Gasteiger partial charge in [0.15, 0.2) is 0 Å².